The maximum absolute atomic E-state index is 11.2. The fraction of sp³-hybridized carbons (Fsp3) is 0.333. The zero-order chi connectivity index (χ0) is 14.9. The van der Waals surface area contributed by atoms with Gasteiger partial charge in [0.25, 0.3) is 0 Å². The lowest BCUT2D eigenvalue weighted by Gasteiger charge is -2.17. The van der Waals surface area contributed by atoms with Gasteiger partial charge < -0.3 is 4.74 Å². The normalized spacial score (nSPS) is 12.4. The Labute approximate surface area is 127 Å². The average molecular weight is 312 g/mol. The van der Waals surface area contributed by atoms with Gasteiger partial charge >= 0.3 is 0 Å². The Morgan fingerprint density at radius 3 is 2.70 bits per heavy atom. The number of aromatic nitrogens is 1. The molecule has 0 saturated carbocycles. The smallest absolute Gasteiger partial charge is 0.164 e. The number of ether oxygens (including phenoxy) is 1. The second-order valence-corrected chi connectivity index (χ2v) is 5.67. The van der Waals surface area contributed by atoms with Crippen molar-refractivity contribution in [2.24, 2.45) is 0 Å². The fourth-order valence-electron chi connectivity index (χ4n) is 2.05. The number of benzene rings is 1. The van der Waals surface area contributed by atoms with Gasteiger partial charge in [-0.25, -0.2) is 4.98 Å². The summed E-state index contributed by atoms with van der Waals surface area (Å²) in [5, 5.41) is 1.71. The largest absolute Gasteiger partial charge is 0.486 e. The molecular formula is C15H15Cl2NO2. The van der Waals surface area contributed by atoms with Crippen LogP contribution in [0.15, 0.2) is 18.2 Å². The number of carbonyl (C=O) groups is 1. The van der Waals surface area contributed by atoms with Crippen LogP contribution in [0.1, 0.15) is 26.0 Å². The highest BCUT2D eigenvalue weighted by molar-refractivity contribution is 6.39. The van der Waals surface area contributed by atoms with Crippen LogP contribution < -0.4 is 4.74 Å². The molecule has 20 heavy (non-hydrogen) atoms. The molecule has 3 nitrogen and oxygen atoms in total. The molecule has 0 aliphatic carbocycles. The van der Waals surface area contributed by atoms with Crippen LogP contribution in [-0.2, 0) is 4.79 Å². The first-order valence-electron chi connectivity index (χ1n) is 6.30. The van der Waals surface area contributed by atoms with E-state index in [0.717, 1.165) is 11.1 Å². The van der Waals surface area contributed by atoms with Crippen molar-refractivity contribution in [1.29, 1.82) is 0 Å². The van der Waals surface area contributed by atoms with E-state index in [1.807, 2.05) is 26.0 Å². The van der Waals surface area contributed by atoms with Gasteiger partial charge in [0.05, 0.1) is 10.0 Å². The molecule has 0 radical (unpaired) electrons. The lowest BCUT2D eigenvalue weighted by Crippen LogP contribution is -2.16. The Morgan fingerprint density at radius 1 is 1.35 bits per heavy atom. The van der Waals surface area contributed by atoms with Crippen molar-refractivity contribution >= 4 is 39.9 Å². The first kappa shape index (κ1) is 15.1. The summed E-state index contributed by atoms with van der Waals surface area (Å²) >= 11 is 12.4. The third-order valence-corrected chi connectivity index (χ3v) is 3.46. The number of hydrogen-bond acceptors (Lipinski definition) is 3. The monoisotopic (exact) mass is 311 g/mol. The van der Waals surface area contributed by atoms with Crippen molar-refractivity contribution in [2.45, 2.75) is 33.3 Å². The van der Waals surface area contributed by atoms with Crippen LogP contribution in [-0.4, -0.2) is 16.9 Å². The summed E-state index contributed by atoms with van der Waals surface area (Å²) in [6, 6.07) is 5.40. The van der Waals surface area contributed by atoms with Crippen LogP contribution in [0.4, 0.5) is 0 Å². The molecule has 1 unspecified atom stereocenters. The van der Waals surface area contributed by atoms with E-state index in [1.165, 1.54) is 6.92 Å². The van der Waals surface area contributed by atoms with Crippen molar-refractivity contribution in [3.8, 4) is 5.75 Å². The molecule has 1 heterocycles. The minimum atomic E-state index is -0.267. The topological polar surface area (TPSA) is 39.2 Å². The van der Waals surface area contributed by atoms with Crippen LogP contribution in [0.3, 0.4) is 0 Å². The average Bonchev–Trinajstić information content (AvgIpc) is 2.33. The van der Waals surface area contributed by atoms with Crippen LogP contribution in [0, 0.1) is 6.92 Å². The molecule has 0 bridgehead atoms. The standard InChI is InChI=1S/C15H15Cl2NO2/c1-8-4-5-11-12(16)7-13(17)15(14(11)18-8)20-10(3)6-9(2)19/h4-5,7,10H,6H2,1-3H3. The van der Waals surface area contributed by atoms with Gasteiger partial charge in [-0.2, -0.15) is 0 Å². The van der Waals surface area contributed by atoms with Crippen molar-refractivity contribution < 1.29 is 9.53 Å². The number of fused-ring (bicyclic) bond motifs is 1. The zero-order valence-electron chi connectivity index (χ0n) is 11.5. The van der Waals surface area contributed by atoms with Crippen LogP contribution in [0.2, 0.25) is 10.0 Å². The van der Waals surface area contributed by atoms with Crippen LogP contribution >= 0.6 is 23.2 Å². The van der Waals surface area contributed by atoms with Crippen LogP contribution in [0.5, 0.6) is 5.75 Å². The molecule has 1 aromatic heterocycles. The van der Waals surface area contributed by atoms with Crippen LogP contribution in [0.25, 0.3) is 10.9 Å². The molecule has 2 aromatic rings. The number of ketones is 1. The number of aryl methyl sites for hydroxylation is 1. The molecule has 0 saturated heterocycles. The molecule has 106 valence electrons. The van der Waals surface area contributed by atoms with Gasteiger partial charge in [0, 0.05) is 17.5 Å². The summed E-state index contributed by atoms with van der Waals surface area (Å²) in [6.45, 7) is 5.24. The van der Waals surface area contributed by atoms with Gasteiger partial charge in [-0.05, 0) is 39.0 Å². The second kappa shape index (κ2) is 5.98. The van der Waals surface area contributed by atoms with Gasteiger partial charge in [0.1, 0.15) is 17.4 Å². The molecule has 0 aliphatic rings. The first-order chi connectivity index (χ1) is 9.38. The number of rotatable bonds is 4. The van der Waals surface area contributed by atoms with Gasteiger partial charge in [-0.15, -0.1) is 0 Å². The Hall–Kier alpha value is -1.32. The highest BCUT2D eigenvalue weighted by Gasteiger charge is 2.16. The van der Waals surface area contributed by atoms with E-state index in [9.17, 15) is 4.79 Å². The van der Waals surface area contributed by atoms with Gasteiger partial charge in [0.2, 0.25) is 0 Å². The molecule has 0 amide bonds. The molecule has 1 aromatic carbocycles. The Morgan fingerprint density at radius 2 is 2.05 bits per heavy atom. The number of halogens is 2. The molecule has 0 spiro atoms. The summed E-state index contributed by atoms with van der Waals surface area (Å²) in [6.07, 6.45) is 0.0587. The van der Waals surface area contributed by atoms with E-state index < -0.39 is 0 Å². The molecule has 5 heteroatoms. The Bertz CT molecular complexity index is 670. The van der Waals surface area contributed by atoms with E-state index in [2.05, 4.69) is 4.98 Å². The Balaban J connectivity index is 2.51. The minimum Gasteiger partial charge on any atom is -0.486 e. The summed E-state index contributed by atoms with van der Waals surface area (Å²) in [7, 11) is 0. The number of Topliss-reactive ketones (excluding diaryl/α,β-unsaturated/α-hetero) is 1. The molecular weight excluding hydrogens is 297 g/mol. The van der Waals surface area contributed by atoms with Crippen molar-refractivity contribution in [1.82, 2.24) is 4.98 Å². The van der Waals surface area contributed by atoms with Crippen molar-refractivity contribution in [3.05, 3.63) is 33.9 Å². The predicted octanol–water partition coefficient (Wildman–Crippen LogP) is 4.60. The maximum Gasteiger partial charge on any atom is 0.164 e. The zero-order valence-corrected chi connectivity index (χ0v) is 13.0. The highest BCUT2D eigenvalue weighted by atomic mass is 35.5. The number of hydrogen-bond donors (Lipinski definition) is 0. The van der Waals surface area contributed by atoms with E-state index in [-0.39, 0.29) is 11.9 Å². The van der Waals surface area contributed by atoms with Gasteiger partial charge in [-0.1, -0.05) is 23.2 Å². The van der Waals surface area contributed by atoms with E-state index >= 15 is 0 Å². The molecule has 0 fully saturated rings. The molecule has 1 atom stereocenters. The highest BCUT2D eigenvalue weighted by Crippen LogP contribution is 2.37. The minimum absolute atomic E-state index is 0.0658. The molecule has 0 aliphatic heterocycles. The summed E-state index contributed by atoms with van der Waals surface area (Å²) < 4.78 is 5.81. The van der Waals surface area contributed by atoms with Gasteiger partial charge in [-0.3, -0.25) is 4.79 Å². The number of nitrogens with zero attached hydrogens (tertiary/aromatic N) is 1. The van der Waals surface area contributed by atoms with E-state index in [1.54, 1.807) is 6.07 Å². The predicted molar refractivity (Wildman–Crippen MR) is 81.9 cm³/mol. The quantitative estimate of drug-likeness (QED) is 0.828. The first-order valence-corrected chi connectivity index (χ1v) is 7.05. The lowest BCUT2D eigenvalue weighted by molar-refractivity contribution is -0.118. The third-order valence-electron chi connectivity index (χ3n) is 2.87. The molecule has 2 rings (SSSR count). The SMILES string of the molecule is CC(=O)CC(C)Oc1c(Cl)cc(Cl)c2ccc(C)nc12. The van der Waals surface area contributed by atoms with Crippen molar-refractivity contribution in [2.75, 3.05) is 0 Å². The van der Waals surface area contributed by atoms with E-state index in [0.29, 0.717) is 27.7 Å². The summed E-state index contributed by atoms with van der Waals surface area (Å²) in [4.78, 5) is 15.6. The van der Waals surface area contributed by atoms with Crippen molar-refractivity contribution in [3.63, 3.8) is 0 Å². The van der Waals surface area contributed by atoms with E-state index in [4.69, 9.17) is 27.9 Å². The second-order valence-electron chi connectivity index (χ2n) is 4.85. The number of pyridine rings is 1. The molecule has 0 N–H and O–H groups in total. The summed E-state index contributed by atoms with van der Waals surface area (Å²) in [5.74, 6) is 0.541. The maximum atomic E-state index is 11.2. The number of carbonyl (C=O) groups excluding carboxylic acids is 1. The lowest BCUT2D eigenvalue weighted by atomic mass is 10.1. The van der Waals surface area contributed by atoms with Gasteiger partial charge in [0.15, 0.2) is 5.75 Å². The summed E-state index contributed by atoms with van der Waals surface area (Å²) in [5.41, 5.74) is 1.47. The third kappa shape index (κ3) is 3.22. The Kier molecular flexibility index (Phi) is 4.51. The fourth-order valence-corrected chi connectivity index (χ4v) is 2.61.